The number of rotatable bonds is 4. The molecule has 176 valence electrons. The van der Waals surface area contributed by atoms with Crippen molar-refractivity contribution in [2.45, 2.75) is 0 Å². The van der Waals surface area contributed by atoms with E-state index in [4.69, 9.17) is 0 Å². The van der Waals surface area contributed by atoms with Gasteiger partial charge in [-0.1, -0.05) is 48.5 Å². The van der Waals surface area contributed by atoms with Crippen LogP contribution in [0.1, 0.15) is 41.4 Å². The first-order valence-corrected chi connectivity index (χ1v) is 10.7. The standard InChI is InChI=1S/C28H16O8/c29-25(30)17-9-1-5-13-14-6-2-10-18(26(31)32)22(14)24-16(8-4-12-20(24)28(35)36)15-7-3-11-19(27(33)34)23(15)21(13)17/h1-12H,(H,29,30)(H,31,32)(H,33,34)(H,35,36). The molecule has 0 spiro atoms. The lowest BCUT2D eigenvalue weighted by molar-refractivity contribution is 0.0684. The summed E-state index contributed by atoms with van der Waals surface area (Å²) in [5.41, 5.74) is 0.811. The van der Waals surface area contributed by atoms with Crippen molar-refractivity contribution in [3.63, 3.8) is 0 Å². The Morgan fingerprint density at radius 2 is 0.556 bits per heavy atom. The number of aromatic carboxylic acids is 4. The van der Waals surface area contributed by atoms with Gasteiger partial charge < -0.3 is 20.4 Å². The van der Waals surface area contributed by atoms with Gasteiger partial charge in [-0.2, -0.15) is 0 Å². The Kier molecular flexibility index (Phi) is 5.14. The number of carbonyl (C=O) groups is 4. The smallest absolute Gasteiger partial charge is 0.336 e. The lowest BCUT2D eigenvalue weighted by Crippen LogP contribution is -2.12. The first-order chi connectivity index (χ1) is 17.2. The summed E-state index contributed by atoms with van der Waals surface area (Å²) in [6.07, 6.45) is 0. The van der Waals surface area contributed by atoms with E-state index in [9.17, 15) is 39.6 Å². The zero-order valence-corrected chi connectivity index (χ0v) is 18.4. The van der Waals surface area contributed by atoms with Gasteiger partial charge in [0, 0.05) is 22.3 Å². The number of hydrogen-bond acceptors (Lipinski definition) is 4. The molecule has 8 nitrogen and oxygen atoms in total. The Morgan fingerprint density at radius 1 is 0.361 bits per heavy atom. The van der Waals surface area contributed by atoms with E-state index in [1.807, 2.05) is 0 Å². The van der Waals surface area contributed by atoms with E-state index in [-0.39, 0.29) is 66.8 Å². The molecule has 0 heterocycles. The third-order valence-corrected chi connectivity index (χ3v) is 6.26. The Hall–Kier alpha value is -5.24. The molecule has 0 amide bonds. The minimum atomic E-state index is -1.30. The predicted octanol–water partition coefficient (Wildman–Crippen LogP) is 5.46. The topological polar surface area (TPSA) is 149 Å². The SMILES string of the molecule is O=C(O)c1cccc2c1-c1c(C(=O)O)cccc1-c1cccc(C(=O)O)c1-c1c(C(=O)O)cccc1-2. The molecule has 4 N–H and O–H groups in total. The highest BCUT2D eigenvalue weighted by atomic mass is 16.4. The average molecular weight is 480 g/mol. The van der Waals surface area contributed by atoms with Crippen molar-refractivity contribution in [1.82, 2.24) is 0 Å². The molecule has 36 heavy (non-hydrogen) atoms. The molecule has 5 rings (SSSR count). The summed E-state index contributed by atoms with van der Waals surface area (Å²) in [4.78, 5) is 49.3. The number of benzene rings is 4. The van der Waals surface area contributed by atoms with Gasteiger partial charge in [-0.05, 0) is 46.5 Å². The summed E-state index contributed by atoms with van der Waals surface area (Å²) in [5.74, 6) is -5.19. The van der Waals surface area contributed by atoms with Gasteiger partial charge in [0.15, 0.2) is 0 Å². The summed E-state index contributed by atoms with van der Waals surface area (Å²) < 4.78 is 0. The van der Waals surface area contributed by atoms with Crippen LogP contribution in [0.4, 0.5) is 0 Å². The average Bonchev–Trinajstić information content (AvgIpc) is 2.85. The fraction of sp³-hybridized carbons (Fsp3) is 0. The Labute approximate surface area is 203 Å². The molecule has 0 aliphatic heterocycles. The highest BCUT2D eigenvalue weighted by Crippen LogP contribution is 2.51. The third-order valence-electron chi connectivity index (χ3n) is 6.26. The molecular formula is C28H16O8. The fourth-order valence-corrected chi connectivity index (χ4v) is 4.90. The van der Waals surface area contributed by atoms with Crippen LogP contribution in [0.2, 0.25) is 0 Å². The lowest BCUT2D eigenvalue weighted by atomic mass is 9.75. The second-order valence-electron chi connectivity index (χ2n) is 8.13. The number of hydrogen-bond donors (Lipinski definition) is 4. The van der Waals surface area contributed by atoms with Crippen LogP contribution in [0.15, 0.2) is 72.8 Å². The normalized spacial score (nSPS) is 11.1. The zero-order valence-electron chi connectivity index (χ0n) is 18.4. The van der Waals surface area contributed by atoms with Crippen molar-refractivity contribution >= 4 is 23.9 Å². The Balaban J connectivity index is 2.15. The molecule has 1 aliphatic carbocycles. The van der Waals surface area contributed by atoms with Crippen LogP contribution in [0.5, 0.6) is 0 Å². The molecule has 8 heteroatoms. The summed E-state index contributed by atoms with van der Waals surface area (Å²) >= 11 is 0. The molecule has 0 bridgehead atoms. The summed E-state index contributed by atoms with van der Waals surface area (Å²) in [6, 6.07) is 17.6. The van der Waals surface area contributed by atoms with Gasteiger partial charge >= 0.3 is 23.9 Å². The van der Waals surface area contributed by atoms with E-state index in [1.54, 1.807) is 24.3 Å². The third kappa shape index (κ3) is 3.24. The number of fused-ring (bicyclic) bond motifs is 8. The number of carboxylic acid groups (broad SMARTS) is 4. The van der Waals surface area contributed by atoms with Gasteiger partial charge in [0.1, 0.15) is 0 Å². The van der Waals surface area contributed by atoms with E-state index < -0.39 is 23.9 Å². The van der Waals surface area contributed by atoms with Crippen LogP contribution in [-0.2, 0) is 0 Å². The van der Waals surface area contributed by atoms with Crippen LogP contribution in [0.25, 0.3) is 44.5 Å². The van der Waals surface area contributed by atoms with Gasteiger partial charge in [0.05, 0.1) is 22.3 Å². The maximum Gasteiger partial charge on any atom is 0.336 e. The van der Waals surface area contributed by atoms with Crippen molar-refractivity contribution in [2.24, 2.45) is 0 Å². The van der Waals surface area contributed by atoms with Gasteiger partial charge in [-0.25, -0.2) is 19.2 Å². The first kappa shape index (κ1) is 22.5. The molecule has 4 aromatic carbocycles. The molecule has 0 aromatic heterocycles. The highest BCUT2D eigenvalue weighted by Gasteiger charge is 2.32. The van der Waals surface area contributed by atoms with Crippen molar-refractivity contribution in [1.29, 1.82) is 0 Å². The van der Waals surface area contributed by atoms with E-state index in [1.165, 1.54) is 48.5 Å². The Bertz CT molecular complexity index is 1400. The van der Waals surface area contributed by atoms with Gasteiger partial charge in [0.2, 0.25) is 0 Å². The van der Waals surface area contributed by atoms with Gasteiger partial charge in [-0.15, -0.1) is 0 Å². The molecule has 0 fully saturated rings. The summed E-state index contributed by atoms with van der Waals surface area (Å²) in [5, 5.41) is 40.2. The van der Waals surface area contributed by atoms with Crippen molar-refractivity contribution < 1.29 is 39.6 Å². The maximum absolute atomic E-state index is 12.3. The van der Waals surface area contributed by atoms with Crippen LogP contribution in [-0.4, -0.2) is 44.3 Å². The van der Waals surface area contributed by atoms with Gasteiger partial charge in [-0.3, -0.25) is 0 Å². The largest absolute Gasteiger partial charge is 0.478 e. The van der Waals surface area contributed by atoms with Crippen LogP contribution >= 0.6 is 0 Å². The van der Waals surface area contributed by atoms with Crippen LogP contribution < -0.4 is 0 Å². The Morgan fingerprint density at radius 3 is 0.722 bits per heavy atom. The lowest BCUT2D eigenvalue weighted by Gasteiger charge is -2.26. The molecule has 0 atom stereocenters. The molecule has 0 saturated heterocycles. The fourth-order valence-electron chi connectivity index (χ4n) is 4.90. The highest BCUT2D eigenvalue weighted by molar-refractivity contribution is 6.17. The molecule has 0 saturated carbocycles. The van der Waals surface area contributed by atoms with E-state index in [0.29, 0.717) is 0 Å². The minimum Gasteiger partial charge on any atom is -0.478 e. The number of carboxylic acids is 4. The molecular weight excluding hydrogens is 464 g/mol. The van der Waals surface area contributed by atoms with Gasteiger partial charge in [0.25, 0.3) is 0 Å². The van der Waals surface area contributed by atoms with E-state index in [0.717, 1.165) is 0 Å². The van der Waals surface area contributed by atoms with Crippen LogP contribution in [0.3, 0.4) is 0 Å². The van der Waals surface area contributed by atoms with Crippen molar-refractivity contribution in [3.05, 3.63) is 95.1 Å². The van der Waals surface area contributed by atoms with Crippen LogP contribution in [0, 0.1) is 0 Å². The van der Waals surface area contributed by atoms with E-state index in [2.05, 4.69) is 0 Å². The quantitative estimate of drug-likeness (QED) is 0.265. The van der Waals surface area contributed by atoms with E-state index >= 15 is 0 Å². The minimum absolute atomic E-state index is 0.105. The van der Waals surface area contributed by atoms with Crippen molar-refractivity contribution in [3.8, 4) is 44.5 Å². The molecule has 0 radical (unpaired) electrons. The molecule has 4 aromatic rings. The predicted molar refractivity (Wildman–Crippen MR) is 130 cm³/mol. The molecule has 0 unspecified atom stereocenters. The maximum atomic E-state index is 12.3. The summed E-state index contributed by atoms with van der Waals surface area (Å²) in [6.45, 7) is 0. The second kappa shape index (κ2) is 8.21. The zero-order chi connectivity index (χ0) is 25.7. The summed E-state index contributed by atoms with van der Waals surface area (Å²) in [7, 11) is 0. The monoisotopic (exact) mass is 480 g/mol. The first-order valence-electron chi connectivity index (χ1n) is 10.7. The molecule has 1 aliphatic rings. The second-order valence-corrected chi connectivity index (χ2v) is 8.13. The van der Waals surface area contributed by atoms with Crippen molar-refractivity contribution in [2.75, 3.05) is 0 Å².